The minimum absolute atomic E-state index is 0.108. The highest BCUT2D eigenvalue weighted by Crippen LogP contribution is 2.22. The summed E-state index contributed by atoms with van der Waals surface area (Å²) in [7, 11) is 0. The molecule has 0 heterocycles. The molecule has 0 aliphatic rings. The molecule has 7 heteroatoms. The van der Waals surface area contributed by atoms with Crippen molar-refractivity contribution in [3.05, 3.63) is 64.1 Å². The molecule has 4 nitrogen and oxygen atoms in total. The van der Waals surface area contributed by atoms with Gasteiger partial charge in [-0.15, -0.1) is 11.8 Å². The van der Waals surface area contributed by atoms with Crippen LogP contribution >= 0.6 is 35.0 Å². The summed E-state index contributed by atoms with van der Waals surface area (Å²) >= 11 is 13.2. The van der Waals surface area contributed by atoms with E-state index in [-0.39, 0.29) is 17.6 Å². The van der Waals surface area contributed by atoms with Gasteiger partial charge in [-0.1, -0.05) is 35.3 Å². The topological polar surface area (TPSA) is 49.4 Å². The fourth-order valence-corrected chi connectivity index (χ4v) is 3.49. The van der Waals surface area contributed by atoms with E-state index < -0.39 is 6.04 Å². The normalized spacial score (nSPS) is 11.7. The Labute approximate surface area is 174 Å². The molecule has 1 atom stereocenters. The first kappa shape index (κ1) is 21.6. The third kappa shape index (κ3) is 6.76. The quantitative estimate of drug-likeness (QED) is 0.627. The van der Waals surface area contributed by atoms with Gasteiger partial charge < -0.3 is 10.2 Å². The molecular formula is C20H22Cl2N2O2S. The van der Waals surface area contributed by atoms with Gasteiger partial charge in [0.25, 0.3) is 0 Å². The lowest BCUT2D eigenvalue weighted by Crippen LogP contribution is -2.48. The molecule has 0 saturated carbocycles. The van der Waals surface area contributed by atoms with Crippen LogP contribution in [0.4, 0.5) is 0 Å². The lowest BCUT2D eigenvalue weighted by atomic mass is 10.1. The first-order chi connectivity index (χ1) is 12.9. The fraction of sp³-hybridized carbons (Fsp3) is 0.300. The van der Waals surface area contributed by atoms with Crippen LogP contribution in [-0.4, -0.2) is 35.1 Å². The lowest BCUT2D eigenvalue weighted by molar-refractivity contribution is -0.138. The number of benzene rings is 2. The molecule has 2 aromatic carbocycles. The zero-order valence-corrected chi connectivity index (χ0v) is 17.6. The van der Waals surface area contributed by atoms with Crippen molar-refractivity contribution in [1.29, 1.82) is 0 Å². The number of amides is 2. The van der Waals surface area contributed by atoms with Crippen LogP contribution < -0.4 is 5.32 Å². The second-order valence-corrected chi connectivity index (χ2v) is 7.88. The van der Waals surface area contributed by atoms with Crippen molar-refractivity contribution in [3.8, 4) is 0 Å². The second-order valence-electron chi connectivity index (χ2n) is 5.96. The standard InChI is InChI=1S/C20H22Cl2N2O2S/c1-3-23-20(26)14(2)24(12-15-4-6-16(21)7-5-15)19(25)13-27-18-10-8-17(22)9-11-18/h4-11,14H,3,12-13H2,1-2H3,(H,23,26)/t14-/m1/s1. The maximum Gasteiger partial charge on any atom is 0.242 e. The molecular weight excluding hydrogens is 403 g/mol. The van der Waals surface area contributed by atoms with Crippen molar-refractivity contribution in [2.45, 2.75) is 31.3 Å². The molecule has 2 aromatic rings. The van der Waals surface area contributed by atoms with E-state index in [1.165, 1.54) is 11.8 Å². The summed E-state index contributed by atoms with van der Waals surface area (Å²) in [4.78, 5) is 27.7. The molecule has 0 fully saturated rings. The molecule has 0 radical (unpaired) electrons. The van der Waals surface area contributed by atoms with E-state index in [0.29, 0.717) is 23.1 Å². The maximum absolute atomic E-state index is 12.9. The molecule has 0 unspecified atom stereocenters. The monoisotopic (exact) mass is 424 g/mol. The number of thioether (sulfide) groups is 1. The minimum atomic E-state index is -0.570. The van der Waals surface area contributed by atoms with Gasteiger partial charge >= 0.3 is 0 Å². The Balaban J connectivity index is 2.11. The number of likely N-dealkylation sites (N-methyl/N-ethyl adjacent to an activating group) is 1. The van der Waals surface area contributed by atoms with E-state index in [1.807, 2.05) is 31.2 Å². The van der Waals surface area contributed by atoms with Crippen molar-refractivity contribution < 1.29 is 9.59 Å². The van der Waals surface area contributed by atoms with E-state index in [2.05, 4.69) is 5.32 Å². The zero-order valence-electron chi connectivity index (χ0n) is 15.2. The van der Waals surface area contributed by atoms with E-state index in [9.17, 15) is 9.59 Å². The van der Waals surface area contributed by atoms with Gasteiger partial charge in [-0.25, -0.2) is 0 Å². The Kier molecular flexibility index (Phi) is 8.48. The van der Waals surface area contributed by atoms with E-state index in [4.69, 9.17) is 23.2 Å². The van der Waals surface area contributed by atoms with Crippen LogP contribution in [0.25, 0.3) is 0 Å². The van der Waals surface area contributed by atoms with E-state index >= 15 is 0 Å². The summed E-state index contributed by atoms with van der Waals surface area (Å²) in [5.41, 5.74) is 0.917. The third-order valence-corrected chi connectivity index (χ3v) is 5.46. The number of halogens is 2. The van der Waals surface area contributed by atoms with Gasteiger partial charge in [0.2, 0.25) is 11.8 Å². The Bertz CT molecular complexity index is 767. The molecule has 0 aromatic heterocycles. The highest BCUT2D eigenvalue weighted by molar-refractivity contribution is 8.00. The molecule has 0 saturated heterocycles. The molecule has 27 heavy (non-hydrogen) atoms. The predicted octanol–water partition coefficient (Wildman–Crippen LogP) is 4.64. The average Bonchev–Trinajstić information content (AvgIpc) is 2.66. The van der Waals surface area contributed by atoms with E-state index in [1.54, 1.807) is 36.1 Å². The van der Waals surface area contributed by atoms with Crippen LogP contribution in [0, 0.1) is 0 Å². The summed E-state index contributed by atoms with van der Waals surface area (Å²) in [6, 6.07) is 14.0. The fourth-order valence-electron chi connectivity index (χ4n) is 2.45. The molecule has 2 amide bonds. The van der Waals surface area contributed by atoms with Crippen LogP contribution in [0.1, 0.15) is 19.4 Å². The Morgan fingerprint density at radius 3 is 2.15 bits per heavy atom. The highest BCUT2D eigenvalue weighted by Gasteiger charge is 2.25. The number of rotatable bonds is 8. The van der Waals surface area contributed by atoms with Gasteiger partial charge in [0, 0.05) is 28.0 Å². The number of hydrogen-bond donors (Lipinski definition) is 1. The van der Waals surface area contributed by atoms with Crippen LogP contribution in [0.5, 0.6) is 0 Å². The smallest absolute Gasteiger partial charge is 0.242 e. The molecule has 2 rings (SSSR count). The number of carbonyl (C=O) groups is 2. The number of nitrogens with zero attached hydrogens (tertiary/aromatic N) is 1. The van der Waals surface area contributed by atoms with Crippen molar-refractivity contribution in [2.75, 3.05) is 12.3 Å². The van der Waals surface area contributed by atoms with Crippen molar-refractivity contribution in [2.24, 2.45) is 0 Å². The Hall–Kier alpha value is -1.69. The van der Waals surface area contributed by atoms with E-state index in [0.717, 1.165) is 10.5 Å². The first-order valence-electron chi connectivity index (χ1n) is 8.60. The second kappa shape index (κ2) is 10.6. The summed E-state index contributed by atoms with van der Waals surface area (Å²) in [6.07, 6.45) is 0. The SMILES string of the molecule is CCNC(=O)[C@@H](C)N(Cc1ccc(Cl)cc1)C(=O)CSc1ccc(Cl)cc1. The van der Waals surface area contributed by atoms with Gasteiger partial charge in [-0.2, -0.15) is 0 Å². The average molecular weight is 425 g/mol. The lowest BCUT2D eigenvalue weighted by Gasteiger charge is -2.28. The molecule has 0 aliphatic heterocycles. The van der Waals surface area contributed by atoms with Gasteiger partial charge in [0.1, 0.15) is 6.04 Å². The summed E-state index contributed by atoms with van der Waals surface area (Å²) in [5, 5.41) is 4.06. The number of hydrogen-bond acceptors (Lipinski definition) is 3. The van der Waals surface area contributed by atoms with Gasteiger partial charge in [-0.3, -0.25) is 9.59 Å². The Morgan fingerprint density at radius 1 is 1.04 bits per heavy atom. The van der Waals surface area contributed by atoms with Crippen molar-refractivity contribution >= 4 is 46.8 Å². The van der Waals surface area contributed by atoms with Gasteiger partial charge in [-0.05, 0) is 55.8 Å². The zero-order chi connectivity index (χ0) is 19.8. The van der Waals surface area contributed by atoms with Gasteiger partial charge in [0.15, 0.2) is 0 Å². The van der Waals surface area contributed by atoms with Gasteiger partial charge in [0.05, 0.1) is 5.75 Å². The van der Waals surface area contributed by atoms with Crippen molar-refractivity contribution in [1.82, 2.24) is 10.2 Å². The maximum atomic E-state index is 12.9. The summed E-state index contributed by atoms with van der Waals surface area (Å²) < 4.78 is 0. The molecule has 0 aliphatic carbocycles. The molecule has 1 N–H and O–H groups in total. The minimum Gasteiger partial charge on any atom is -0.355 e. The number of carbonyl (C=O) groups excluding carboxylic acids is 2. The summed E-state index contributed by atoms with van der Waals surface area (Å²) in [5.74, 6) is -0.0427. The molecule has 0 bridgehead atoms. The summed E-state index contributed by atoms with van der Waals surface area (Å²) in [6.45, 7) is 4.46. The highest BCUT2D eigenvalue weighted by atomic mass is 35.5. The van der Waals surface area contributed by atoms with Crippen LogP contribution in [0.15, 0.2) is 53.4 Å². The third-order valence-electron chi connectivity index (χ3n) is 3.96. The van der Waals surface area contributed by atoms with Crippen LogP contribution in [0.2, 0.25) is 10.0 Å². The molecule has 144 valence electrons. The predicted molar refractivity (Wildman–Crippen MR) is 112 cm³/mol. The largest absolute Gasteiger partial charge is 0.355 e. The van der Waals surface area contributed by atoms with Crippen LogP contribution in [-0.2, 0) is 16.1 Å². The number of nitrogens with one attached hydrogen (secondary N) is 1. The van der Waals surface area contributed by atoms with Crippen LogP contribution in [0.3, 0.4) is 0 Å². The Morgan fingerprint density at radius 2 is 1.59 bits per heavy atom. The van der Waals surface area contributed by atoms with Crippen molar-refractivity contribution in [3.63, 3.8) is 0 Å². The molecule has 0 spiro atoms. The first-order valence-corrected chi connectivity index (χ1v) is 10.3.